The molecular weight excluding hydrogens is 594 g/mol. The molecule has 1 aromatic heterocycles. The summed E-state index contributed by atoms with van der Waals surface area (Å²) in [6.07, 6.45) is 3.46. The van der Waals surface area contributed by atoms with E-state index in [1.54, 1.807) is 42.7 Å². The van der Waals surface area contributed by atoms with Gasteiger partial charge in [0.15, 0.2) is 5.54 Å². The number of aromatic nitrogens is 1. The molecule has 1 saturated heterocycles. The number of fused-ring (bicyclic) bond motifs is 1. The minimum absolute atomic E-state index is 0.0260. The van der Waals surface area contributed by atoms with Crippen LogP contribution in [0.25, 0.3) is 0 Å². The molecule has 11 nitrogen and oxygen atoms in total. The first-order chi connectivity index (χ1) is 21.8. The van der Waals surface area contributed by atoms with Crippen LogP contribution in [0.3, 0.4) is 0 Å². The molecule has 1 unspecified atom stereocenters. The van der Waals surface area contributed by atoms with Crippen LogP contribution in [0.2, 0.25) is 0 Å². The lowest BCUT2D eigenvalue weighted by molar-refractivity contribution is -0.127. The highest BCUT2D eigenvalue weighted by Gasteiger charge is 2.60. The Morgan fingerprint density at radius 2 is 1.53 bits per heavy atom. The summed E-state index contributed by atoms with van der Waals surface area (Å²) in [5, 5.41) is 9.92. The van der Waals surface area contributed by atoms with E-state index in [4.69, 9.17) is 14.2 Å². The fourth-order valence-electron chi connectivity index (χ4n) is 6.30. The van der Waals surface area contributed by atoms with Gasteiger partial charge in [0.25, 0.3) is 15.9 Å². The summed E-state index contributed by atoms with van der Waals surface area (Å²) in [5.41, 5.74) is 0.662. The number of para-hydroxylation sites is 1. The number of nitriles is 1. The Bertz CT molecular complexity index is 1900. The molecule has 230 valence electrons. The van der Waals surface area contributed by atoms with Crippen molar-refractivity contribution in [2.75, 3.05) is 56.7 Å². The second-order valence-corrected chi connectivity index (χ2v) is 12.3. The van der Waals surface area contributed by atoms with Gasteiger partial charge in [-0.2, -0.15) is 5.26 Å². The number of carbonyl (C=O) groups excluding carboxylic acids is 1. The van der Waals surface area contributed by atoms with Gasteiger partial charge in [0, 0.05) is 61.5 Å². The summed E-state index contributed by atoms with van der Waals surface area (Å²) in [4.78, 5) is 23.3. The quantitative estimate of drug-likeness (QED) is 0.286. The summed E-state index contributed by atoms with van der Waals surface area (Å²) in [5.74, 6) is 0.135. The second-order valence-electron chi connectivity index (χ2n) is 10.5. The van der Waals surface area contributed by atoms with Crippen LogP contribution >= 0.6 is 0 Å². The van der Waals surface area contributed by atoms with Crippen LogP contribution in [0.4, 0.5) is 11.4 Å². The maximum Gasteiger partial charge on any atom is 0.274 e. The topological polar surface area (TPSA) is 125 Å². The van der Waals surface area contributed by atoms with Crippen molar-refractivity contribution in [1.82, 2.24) is 9.88 Å². The van der Waals surface area contributed by atoms with Gasteiger partial charge in [-0.05, 0) is 48.5 Å². The molecule has 6 rings (SSSR count). The largest absolute Gasteiger partial charge is 0.497 e. The number of nitrogens with zero attached hydrogens (tertiary/aromatic N) is 5. The molecule has 45 heavy (non-hydrogen) atoms. The Morgan fingerprint density at radius 3 is 2.20 bits per heavy atom. The molecule has 3 heterocycles. The minimum Gasteiger partial charge on any atom is -0.497 e. The molecule has 2 aliphatic rings. The first-order valence-corrected chi connectivity index (χ1v) is 15.6. The average Bonchev–Trinajstić information content (AvgIpc) is 3.36. The molecule has 0 aliphatic carbocycles. The summed E-state index contributed by atoms with van der Waals surface area (Å²) in [6, 6.07) is 22.1. The third-order valence-corrected chi connectivity index (χ3v) is 10.1. The third kappa shape index (κ3) is 4.72. The average molecular weight is 626 g/mol. The van der Waals surface area contributed by atoms with Crippen LogP contribution in [-0.4, -0.2) is 71.7 Å². The second kappa shape index (κ2) is 11.8. The first-order valence-electron chi connectivity index (χ1n) is 14.2. The normalized spacial score (nSPS) is 18.3. The van der Waals surface area contributed by atoms with Gasteiger partial charge in [-0.1, -0.05) is 18.2 Å². The van der Waals surface area contributed by atoms with Gasteiger partial charge < -0.3 is 19.1 Å². The van der Waals surface area contributed by atoms with Crippen molar-refractivity contribution in [1.29, 1.82) is 5.26 Å². The van der Waals surface area contributed by atoms with E-state index in [1.165, 1.54) is 51.7 Å². The van der Waals surface area contributed by atoms with E-state index in [0.29, 0.717) is 48.8 Å². The standard InChI is InChI=1S/C33H31N5O6S/c1-42-25-9-11-31(30(21-25)44-3)45(40,41)38-28-10-8-23(22-34)20-27(28)33(32(38)39,26-6-4-5-7-29(26)43-2)37-18-16-36(17-19-37)24-12-14-35-15-13-24/h4-15,20-21H,16-19H2,1-3H3. The molecule has 1 amide bonds. The summed E-state index contributed by atoms with van der Waals surface area (Å²) < 4.78 is 46.5. The smallest absolute Gasteiger partial charge is 0.274 e. The number of piperazine rings is 1. The monoisotopic (exact) mass is 625 g/mol. The van der Waals surface area contributed by atoms with Crippen LogP contribution < -0.4 is 23.4 Å². The fourth-order valence-corrected chi connectivity index (χ4v) is 7.91. The number of ether oxygens (including phenoxy) is 3. The number of rotatable bonds is 8. The van der Waals surface area contributed by atoms with Gasteiger partial charge in [0.1, 0.15) is 22.1 Å². The zero-order valence-corrected chi connectivity index (χ0v) is 25.8. The first kappa shape index (κ1) is 29.9. The number of anilines is 2. The molecule has 0 bridgehead atoms. The highest BCUT2D eigenvalue weighted by atomic mass is 32.2. The molecule has 1 atom stereocenters. The van der Waals surface area contributed by atoms with Crippen LogP contribution in [0, 0.1) is 11.3 Å². The number of carbonyl (C=O) groups is 1. The van der Waals surface area contributed by atoms with Gasteiger partial charge in [0.2, 0.25) is 0 Å². The fraction of sp³-hybridized carbons (Fsp3) is 0.242. The Balaban J connectivity index is 1.57. The third-order valence-electron chi connectivity index (χ3n) is 8.40. The van der Waals surface area contributed by atoms with E-state index in [2.05, 4.69) is 16.0 Å². The zero-order valence-electron chi connectivity index (χ0n) is 25.0. The molecule has 0 spiro atoms. The molecule has 4 aromatic rings. The highest BCUT2D eigenvalue weighted by molar-refractivity contribution is 7.93. The molecular formula is C33H31N5O6S. The molecule has 2 aliphatic heterocycles. The number of sulfonamides is 1. The molecule has 0 N–H and O–H groups in total. The van der Waals surface area contributed by atoms with Gasteiger partial charge in [-0.15, -0.1) is 0 Å². The van der Waals surface area contributed by atoms with Gasteiger partial charge >= 0.3 is 0 Å². The van der Waals surface area contributed by atoms with Crippen molar-refractivity contribution in [3.05, 3.63) is 102 Å². The van der Waals surface area contributed by atoms with Crippen molar-refractivity contribution in [2.45, 2.75) is 10.4 Å². The van der Waals surface area contributed by atoms with Gasteiger partial charge in [-0.3, -0.25) is 14.7 Å². The minimum atomic E-state index is -4.54. The van der Waals surface area contributed by atoms with E-state index >= 15 is 4.79 Å². The SMILES string of the molecule is COc1ccc(S(=O)(=O)N2C(=O)C(c3ccccc3OC)(N3CCN(c4ccncc4)CC3)c3cc(C#N)ccc32)c(OC)c1. The van der Waals surface area contributed by atoms with E-state index in [-0.39, 0.29) is 21.9 Å². The Kier molecular flexibility index (Phi) is 7.82. The van der Waals surface area contributed by atoms with E-state index in [1.807, 2.05) is 17.0 Å². The van der Waals surface area contributed by atoms with E-state index < -0.39 is 21.5 Å². The number of methoxy groups -OCH3 is 3. The summed E-state index contributed by atoms with van der Waals surface area (Å²) in [6.45, 7) is 1.92. The number of hydrogen-bond acceptors (Lipinski definition) is 10. The van der Waals surface area contributed by atoms with Crippen LogP contribution in [0.1, 0.15) is 16.7 Å². The van der Waals surface area contributed by atoms with Gasteiger partial charge in [0.05, 0.1) is 38.6 Å². The predicted octanol–water partition coefficient (Wildman–Crippen LogP) is 3.78. The van der Waals surface area contributed by atoms with Crippen molar-refractivity contribution in [3.8, 4) is 23.3 Å². The van der Waals surface area contributed by atoms with E-state index in [9.17, 15) is 13.7 Å². The summed E-state index contributed by atoms with van der Waals surface area (Å²) in [7, 11) is -0.214. The van der Waals surface area contributed by atoms with Crippen molar-refractivity contribution in [3.63, 3.8) is 0 Å². The summed E-state index contributed by atoms with van der Waals surface area (Å²) >= 11 is 0. The lowest BCUT2D eigenvalue weighted by Crippen LogP contribution is -2.60. The molecule has 12 heteroatoms. The Morgan fingerprint density at radius 1 is 0.822 bits per heavy atom. The van der Waals surface area contributed by atoms with Crippen LogP contribution in [0.15, 0.2) is 90.1 Å². The number of benzene rings is 3. The Hall–Kier alpha value is -5.12. The van der Waals surface area contributed by atoms with E-state index in [0.717, 1.165) is 9.99 Å². The number of hydrogen-bond donors (Lipinski definition) is 0. The molecule has 3 aromatic carbocycles. The lowest BCUT2D eigenvalue weighted by Gasteiger charge is -2.46. The molecule has 0 radical (unpaired) electrons. The maximum absolute atomic E-state index is 15.2. The number of amides is 1. The number of pyridine rings is 1. The molecule has 0 saturated carbocycles. The Labute approximate surface area is 261 Å². The van der Waals surface area contributed by atoms with Crippen LogP contribution in [-0.2, 0) is 20.4 Å². The predicted molar refractivity (Wildman–Crippen MR) is 167 cm³/mol. The van der Waals surface area contributed by atoms with Gasteiger partial charge in [-0.25, -0.2) is 12.7 Å². The highest BCUT2D eigenvalue weighted by Crippen LogP contribution is 2.53. The maximum atomic E-state index is 15.2. The zero-order chi connectivity index (χ0) is 31.8. The van der Waals surface area contributed by atoms with Crippen LogP contribution in [0.5, 0.6) is 17.2 Å². The van der Waals surface area contributed by atoms with Crippen molar-refractivity contribution in [2.24, 2.45) is 0 Å². The lowest BCUT2D eigenvalue weighted by atomic mass is 9.80. The van der Waals surface area contributed by atoms with Crippen molar-refractivity contribution >= 4 is 27.3 Å². The van der Waals surface area contributed by atoms with Crippen molar-refractivity contribution < 1.29 is 27.4 Å². The molecule has 1 fully saturated rings.